The number of amides is 1. The highest BCUT2D eigenvalue weighted by atomic mass is 32.2. The van der Waals surface area contributed by atoms with Gasteiger partial charge < -0.3 is 9.64 Å². The van der Waals surface area contributed by atoms with E-state index in [-0.39, 0.29) is 11.3 Å². The molecule has 1 aromatic carbocycles. The molecular weight excluding hydrogens is 476 g/mol. The fourth-order valence-corrected chi connectivity index (χ4v) is 6.38. The summed E-state index contributed by atoms with van der Waals surface area (Å²) in [6, 6.07) is 8.08. The molecule has 2 aliphatic rings. The second-order valence-electron chi connectivity index (χ2n) is 8.64. The normalized spacial score (nSPS) is 20.2. The molecule has 0 aliphatic carbocycles. The molecule has 35 heavy (non-hydrogen) atoms. The highest BCUT2D eigenvalue weighted by Gasteiger charge is 2.33. The molecule has 2 saturated heterocycles. The zero-order valence-corrected chi connectivity index (χ0v) is 22.2. The van der Waals surface area contributed by atoms with Crippen molar-refractivity contribution in [2.75, 3.05) is 52.1 Å². The molecule has 2 aliphatic heterocycles. The van der Waals surface area contributed by atoms with E-state index in [1.54, 1.807) is 30.2 Å². The van der Waals surface area contributed by atoms with Gasteiger partial charge in [0, 0.05) is 56.8 Å². The lowest BCUT2D eigenvalue weighted by Crippen LogP contribution is -2.48. The Kier molecular flexibility index (Phi) is 9.20. The largest absolute Gasteiger partial charge is 0.497 e. The van der Waals surface area contributed by atoms with Gasteiger partial charge in [-0.3, -0.25) is 14.6 Å². The number of aromatic nitrogens is 1. The fourth-order valence-electron chi connectivity index (χ4n) is 4.33. The van der Waals surface area contributed by atoms with Gasteiger partial charge in [-0.05, 0) is 24.6 Å². The number of allylic oxidation sites excluding steroid dienone is 5. The lowest BCUT2D eigenvalue weighted by Gasteiger charge is -2.35. The third kappa shape index (κ3) is 6.64. The fraction of sp³-hybridized carbons (Fsp3) is 0.407. The quantitative estimate of drug-likeness (QED) is 0.432. The van der Waals surface area contributed by atoms with Gasteiger partial charge >= 0.3 is 0 Å². The molecule has 0 spiro atoms. The third-order valence-electron chi connectivity index (χ3n) is 6.36. The van der Waals surface area contributed by atoms with Gasteiger partial charge in [-0.1, -0.05) is 43.0 Å². The van der Waals surface area contributed by atoms with Gasteiger partial charge in [-0.2, -0.15) is 0 Å². The van der Waals surface area contributed by atoms with E-state index in [2.05, 4.69) is 40.0 Å². The second kappa shape index (κ2) is 12.5. The first-order chi connectivity index (χ1) is 17.1. The summed E-state index contributed by atoms with van der Waals surface area (Å²) in [4.78, 5) is 24.4. The number of carbonyl (C=O) groups is 1. The van der Waals surface area contributed by atoms with Gasteiger partial charge in [0.15, 0.2) is 0 Å². The summed E-state index contributed by atoms with van der Waals surface area (Å²) in [5.74, 6) is 1.63. The summed E-state index contributed by atoms with van der Waals surface area (Å²) in [5.41, 5.74) is 3.34. The predicted molar refractivity (Wildman–Crippen MR) is 147 cm³/mol. The van der Waals surface area contributed by atoms with Crippen molar-refractivity contribution in [3.05, 3.63) is 76.8 Å². The Morgan fingerprint density at radius 1 is 1.17 bits per heavy atom. The first-order valence-electron chi connectivity index (χ1n) is 12.0. The van der Waals surface area contributed by atoms with Crippen LogP contribution in [0.25, 0.3) is 5.57 Å². The Morgan fingerprint density at radius 2 is 1.91 bits per heavy atom. The van der Waals surface area contributed by atoms with Crippen LogP contribution >= 0.6 is 23.1 Å². The summed E-state index contributed by atoms with van der Waals surface area (Å²) < 4.78 is 5.27. The molecule has 1 unspecified atom stereocenters. The lowest BCUT2D eigenvalue weighted by molar-refractivity contribution is -0.128. The summed E-state index contributed by atoms with van der Waals surface area (Å²) in [7, 11) is 1.67. The van der Waals surface area contributed by atoms with E-state index in [0.29, 0.717) is 5.75 Å². The summed E-state index contributed by atoms with van der Waals surface area (Å²) in [5, 5.41) is 3.27. The van der Waals surface area contributed by atoms with Crippen LogP contribution in [0.15, 0.2) is 60.5 Å². The van der Waals surface area contributed by atoms with Gasteiger partial charge in [0.1, 0.15) is 16.1 Å². The number of hydrogen-bond donors (Lipinski definition) is 0. The number of benzene rings is 1. The zero-order valence-electron chi connectivity index (χ0n) is 20.6. The molecule has 0 N–H and O–H groups in total. The van der Waals surface area contributed by atoms with E-state index in [1.165, 1.54) is 0 Å². The number of piperazine rings is 1. The Labute approximate surface area is 217 Å². The predicted octanol–water partition coefficient (Wildman–Crippen LogP) is 4.69. The van der Waals surface area contributed by atoms with Crippen molar-refractivity contribution >= 4 is 34.6 Å². The first kappa shape index (κ1) is 25.7. The molecule has 2 aromatic rings. The van der Waals surface area contributed by atoms with Gasteiger partial charge in [0.25, 0.3) is 0 Å². The Hall–Kier alpha value is -2.39. The third-order valence-corrected chi connectivity index (χ3v) is 8.56. The smallest absolute Gasteiger partial charge is 0.233 e. The van der Waals surface area contributed by atoms with E-state index in [1.807, 2.05) is 42.2 Å². The van der Waals surface area contributed by atoms with Crippen LogP contribution in [0.2, 0.25) is 0 Å². The van der Waals surface area contributed by atoms with Crippen LogP contribution in [-0.2, 0) is 11.3 Å². The van der Waals surface area contributed by atoms with Crippen LogP contribution in [0.3, 0.4) is 0 Å². The number of methoxy groups -OCH3 is 1. The SMILES string of the molecule is C=C/C(=C\C=C/C)c1nc(CN2CCN(CCN3C(=O)CSC3c3ccc(OC)cc3)CC2)cs1. The van der Waals surface area contributed by atoms with Gasteiger partial charge in [-0.15, -0.1) is 23.1 Å². The number of nitrogens with zero attached hydrogens (tertiary/aromatic N) is 4. The molecule has 6 nitrogen and oxygen atoms in total. The van der Waals surface area contributed by atoms with Crippen LogP contribution in [0.1, 0.15) is 28.6 Å². The first-order valence-corrected chi connectivity index (χ1v) is 13.9. The van der Waals surface area contributed by atoms with Crippen LogP contribution in [0.4, 0.5) is 0 Å². The maximum atomic E-state index is 12.6. The van der Waals surface area contributed by atoms with Crippen LogP contribution in [0.5, 0.6) is 5.75 Å². The molecule has 3 heterocycles. The van der Waals surface area contributed by atoms with Crippen molar-refractivity contribution in [3.63, 3.8) is 0 Å². The average Bonchev–Trinajstić information content (AvgIpc) is 3.50. The van der Waals surface area contributed by atoms with Gasteiger partial charge in [0.2, 0.25) is 5.91 Å². The van der Waals surface area contributed by atoms with Crippen molar-refractivity contribution < 1.29 is 9.53 Å². The summed E-state index contributed by atoms with van der Waals surface area (Å²) in [6.45, 7) is 12.5. The molecule has 1 atom stereocenters. The second-order valence-corrected chi connectivity index (χ2v) is 10.6. The topological polar surface area (TPSA) is 48.9 Å². The molecule has 0 radical (unpaired) electrons. The van der Waals surface area contributed by atoms with Crippen molar-refractivity contribution in [3.8, 4) is 5.75 Å². The molecule has 0 bridgehead atoms. The number of ether oxygens (including phenoxy) is 1. The zero-order chi connectivity index (χ0) is 24.6. The minimum absolute atomic E-state index is 0.0934. The maximum Gasteiger partial charge on any atom is 0.233 e. The molecule has 0 saturated carbocycles. The van der Waals surface area contributed by atoms with Gasteiger partial charge in [-0.25, -0.2) is 4.98 Å². The van der Waals surface area contributed by atoms with Crippen LogP contribution in [0, 0.1) is 0 Å². The van der Waals surface area contributed by atoms with E-state index in [9.17, 15) is 4.79 Å². The molecule has 1 amide bonds. The summed E-state index contributed by atoms with van der Waals surface area (Å²) >= 11 is 3.39. The Balaban J connectivity index is 1.25. The number of rotatable bonds is 10. The minimum Gasteiger partial charge on any atom is -0.497 e. The monoisotopic (exact) mass is 510 g/mol. The lowest BCUT2D eigenvalue weighted by atomic mass is 10.2. The highest BCUT2D eigenvalue weighted by molar-refractivity contribution is 8.00. The molecule has 1 aromatic heterocycles. The number of hydrogen-bond acceptors (Lipinski definition) is 7. The Morgan fingerprint density at radius 3 is 2.60 bits per heavy atom. The molecule has 8 heteroatoms. The van der Waals surface area contributed by atoms with E-state index >= 15 is 0 Å². The van der Waals surface area contributed by atoms with Crippen LogP contribution in [-0.4, -0.2) is 77.7 Å². The number of thiazole rings is 1. The van der Waals surface area contributed by atoms with E-state index in [4.69, 9.17) is 9.72 Å². The van der Waals surface area contributed by atoms with Crippen molar-refractivity contribution in [2.45, 2.75) is 18.8 Å². The standard InChI is InChI=1S/C27H34N4O2S2/c1-4-6-7-21(5-2)26-28-23(19-34-26)18-30-14-12-29(13-15-30)16-17-31-25(32)20-35-27(31)22-8-10-24(33-3)11-9-22/h4-11,19,27H,2,12-18,20H2,1,3H3/b6-4-,21-7+. The average molecular weight is 511 g/mol. The maximum absolute atomic E-state index is 12.6. The summed E-state index contributed by atoms with van der Waals surface area (Å²) in [6.07, 6.45) is 7.95. The van der Waals surface area contributed by atoms with Crippen molar-refractivity contribution in [2.24, 2.45) is 0 Å². The minimum atomic E-state index is 0.0934. The molecule has 186 valence electrons. The van der Waals surface area contributed by atoms with Crippen molar-refractivity contribution in [1.29, 1.82) is 0 Å². The molecular formula is C27H34N4O2S2. The molecule has 2 fully saturated rings. The van der Waals surface area contributed by atoms with E-state index < -0.39 is 0 Å². The van der Waals surface area contributed by atoms with Crippen LogP contribution < -0.4 is 4.74 Å². The molecule has 4 rings (SSSR count). The number of thioether (sulfide) groups is 1. The van der Waals surface area contributed by atoms with E-state index in [0.717, 1.165) is 73.4 Å². The Bertz CT molecular complexity index is 1060. The van der Waals surface area contributed by atoms with Gasteiger partial charge in [0.05, 0.1) is 18.6 Å². The highest BCUT2D eigenvalue weighted by Crippen LogP contribution is 2.38. The van der Waals surface area contributed by atoms with Crippen molar-refractivity contribution in [1.82, 2.24) is 19.7 Å². The number of carbonyl (C=O) groups excluding carboxylic acids is 1.